The number of nitrogens with one attached hydrogen (secondary N) is 1. The molecule has 2 aromatic rings. The molecular formula is C20H25NO2. The van der Waals surface area contributed by atoms with Gasteiger partial charge in [0.25, 0.3) is 5.91 Å². The third kappa shape index (κ3) is 4.93. The Kier molecular flexibility index (Phi) is 5.56. The van der Waals surface area contributed by atoms with Crippen LogP contribution in [0.3, 0.4) is 0 Å². The summed E-state index contributed by atoms with van der Waals surface area (Å²) in [4.78, 5) is 12.3. The van der Waals surface area contributed by atoms with E-state index in [1.165, 1.54) is 5.56 Å². The number of benzene rings is 2. The van der Waals surface area contributed by atoms with Crippen molar-refractivity contribution in [1.29, 1.82) is 0 Å². The average molecular weight is 311 g/mol. The molecule has 0 unspecified atom stereocenters. The molecule has 1 atom stereocenters. The monoisotopic (exact) mass is 311 g/mol. The standard InChI is InChI=1S/C20H25NO2/c1-20(2,3)17-11-9-16(10-12-17)19(23)21-18(14-22)13-15-7-5-4-6-8-15/h4-12,18,22H,13-14H2,1-3H3,(H,21,23)/t18-/m0/s1. The third-order valence-electron chi connectivity index (χ3n) is 3.89. The number of hydrogen-bond donors (Lipinski definition) is 2. The summed E-state index contributed by atoms with van der Waals surface area (Å²) in [7, 11) is 0. The molecule has 0 aromatic heterocycles. The van der Waals surface area contributed by atoms with E-state index in [0.29, 0.717) is 12.0 Å². The Hall–Kier alpha value is -2.13. The topological polar surface area (TPSA) is 49.3 Å². The van der Waals surface area contributed by atoms with Gasteiger partial charge in [0.2, 0.25) is 0 Å². The fraction of sp³-hybridized carbons (Fsp3) is 0.350. The second-order valence-corrected chi connectivity index (χ2v) is 6.87. The summed E-state index contributed by atoms with van der Waals surface area (Å²) in [6.45, 7) is 6.35. The van der Waals surface area contributed by atoms with Crippen LogP contribution in [0.5, 0.6) is 0 Å². The molecule has 0 radical (unpaired) electrons. The highest BCUT2D eigenvalue weighted by atomic mass is 16.3. The highest BCUT2D eigenvalue weighted by Gasteiger charge is 2.16. The summed E-state index contributed by atoms with van der Waals surface area (Å²) in [6.07, 6.45) is 0.614. The van der Waals surface area contributed by atoms with Crippen LogP contribution in [-0.4, -0.2) is 23.7 Å². The van der Waals surface area contributed by atoms with Gasteiger partial charge in [-0.25, -0.2) is 0 Å². The van der Waals surface area contributed by atoms with Crippen molar-refractivity contribution in [3.8, 4) is 0 Å². The van der Waals surface area contributed by atoms with Crippen molar-refractivity contribution >= 4 is 5.91 Å². The zero-order valence-corrected chi connectivity index (χ0v) is 14.0. The molecule has 0 aliphatic carbocycles. The van der Waals surface area contributed by atoms with Crippen molar-refractivity contribution in [1.82, 2.24) is 5.32 Å². The smallest absolute Gasteiger partial charge is 0.251 e. The number of amides is 1. The molecule has 0 fully saturated rings. The van der Waals surface area contributed by atoms with Crippen molar-refractivity contribution in [2.75, 3.05) is 6.61 Å². The summed E-state index contributed by atoms with van der Waals surface area (Å²) < 4.78 is 0. The fourth-order valence-corrected chi connectivity index (χ4v) is 2.45. The van der Waals surface area contributed by atoms with E-state index in [1.54, 1.807) is 0 Å². The van der Waals surface area contributed by atoms with E-state index >= 15 is 0 Å². The minimum atomic E-state index is -0.285. The van der Waals surface area contributed by atoms with Crippen molar-refractivity contribution < 1.29 is 9.90 Å². The lowest BCUT2D eigenvalue weighted by Crippen LogP contribution is -2.39. The molecule has 3 heteroatoms. The second kappa shape index (κ2) is 7.42. The average Bonchev–Trinajstić information content (AvgIpc) is 2.54. The van der Waals surface area contributed by atoms with E-state index in [2.05, 4.69) is 26.1 Å². The lowest BCUT2D eigenvalue weighted by atomic mass is 9.86. The third-order valence-corrected chi connectivity index (χ3v) is 3.89. The van der Waals surface area contributed by atoms with Gasteiger partial charge >= 0.3 is 0 Å². The molecular weight excluding hydrogens is 286 g/mol. The van der Waals surface area contributed by atoms with Gasteiger partial charge in [-0.2, -0.15) is 0 Å². The predicted molar refractivity (Wildman–Crippen MR) is 93.6 cm³/mol. The van der Waals surface area contributed by atoms with Crippen LogP contribution in [-0.2, 0) is 11.8 Å². The van der Waals surface area contributed by atoms with Gasteiger partial charge in [-0.1, -0.05) is 63.2 Å². The van der Waals surface area contributed by atoms with Crippen LogP contribution in [0.4, 0.5) is 0 Å². The number of aliphatic hydroxyl groups excluding tert-OH is 1. The second-order valence-electron chi connectivity index (χ2n) is 6.87. The zero-order chi connectivity index (χ0) is 16.9. The maximum atomic E-state index is 12.3. The molecule has 0 saturated carbocycles. The molecule has 2 aromatic carbocycles. The van der Waals surface area contributed by atoms with E-state index in [4.69, 9.17) is 0 Å². The van der Waals surface area contributed by atoms with Crippen LogP contribution < -0.4 is 5.32 Å². The number of carbonyl (C=O) groups excluding carboxylic acids is 1. The van der Waals surface area contributed by atoms with Crippen LogP contribution in [0.15, 0.2) is 54.6 Å². The maximum Gasteiger partial charge on any atom is 0.251 e. The first-order valence-corrected chi connectivity index (χ1v) is 7.96. The summed E-state index contributed by atoms with van der Waals surface area (Å²) in [5.41, 5.74) is 2.96. The molecule has 0 saturated heterocycles. The summed E-state index contributed by atoms with van der Waals surface area (Å²) in [5, 5.41) is 12.4. The minimum Gasteiger partial charge on any atom is -0.394 e. The first-order chi connectivity index (χ1) is 10.9. The number of aliphatic hydroxyl groups is 1. The van der Waals surface area contributed by atoms with Gasteiger partial charge in [-0.05, 0) is 35.1 Å². The van der Waals surface area contributed by atoms with Crippen LogP contribution in [0.2, 0.25) is 0 Å². The Morgan fingerprint density at radius 3 is 2.17 bits per heavy atom. The fourth-order valence-electron chi connectivity index (χ4n) is 2.45. The Balaban J connectivity index is 2.02. The molecule has 0 bridgehead atoms. The highest BCUT2D eigenvalue weighted by Crippen LogP contribution is 2.22. The highest BCUT2D eigenvalue weighted by molar-refractivity contribution is 5.94. The van der Waals surface area contributed by atoms with Gasteiger partial charge < -0.3 is 10.4 Å². The van der Waals surface area contributed by atoms with Crippen LogP contribution in [0.25, 0.3) is 0 Å². The SMILES string of the molecule is CC(C)(C)c1ccc(C(=O)N[C@H](CO)Cc2ccccc2)cc1. The van der Waals surface area contributed by atoms with E-state index in [9.17, 15) is 9.90 Å². The summed E-state index contributed by atoms with van der Waals surface area (Å²) >= 11 is 0. The summed E-state index contributed by atoms with van der Waals surface area (Å²) in [6, 6.07) is 17.2. The van der Waals surface area contributed by atoms with E-state index in [1.807, 2.05) is 54.6 Å². The van der Waals surface area contributed by atoms with Crippen molar-refractivity contribution in [3.05, 3.63) is 71.3 Å². The van der Waals surface area contributed by atoms with Crippen LogP contribution >= 0.6 is 0 Å². The van der Waals surface area contributed by atoms with Crippen molar-refractivity contribution in [3.63, 3.8) is 0 Å². The van der Waals surface area contributed by atoms with Gasteiger partial charge in [-0.3, -0.25) is 4.79 Å². The quantitative estimate of drug-likeness (QED) is 0.890. The molecule has 2 N–H and O–H groups in total. The number of carbonyl (C=O) groups is 1. The molecule has 1 amide bonds. The Bertz CT molecular complexity index is 627. The number of rotatable bonds is 5. The van der Waals surface area contributed by atoms with E-state index in [0.717, 1.165) is 5.56 Å². The Morgan fingerprint density at radius 2 is 1.65 bits per heavy atom. The van der Waals surface area contributed by atoms with E-state index in [-0.39, 0.29) is 24.0 Å². The molecule has 0 spiro atoms. The molecule has 0 aliphatic heterocycles. The summed E-state index contributed by atoms with van der Waals surface area (Å²) in [5.74, 6) is -0.152. The van der Waals surface area contributed by atoms with E-state index < -0.39 is 0 Å². The minimum absolute atomic E-state index is 0.0654. The first-order valence-electron chi connectivity index (χ1n) is 7.96. The van der Waals surface area contributed by atoms with Crippen LogP contribution in [0, 0.1) is 0 Å². The van der Waals surface area contributed by atoms with Crippen molar-refractivity contribution in [2.24, 2.45) is 0 Å². The molecule has 2 rings (SSSR count). The van der Waals surface area contributed by atoms with Crippen LogP contribution in [0.1, 0.15) is 42.3 Å². The lowest BCUT2D eigenvalue weighted by molar-refractivity contribution is 0.0916. The molecule has 122 valence electrons. The van der Waals surface area contributed by atoms with Gasteiger partial charge in [0, 0.05) is 5.56 Å². The first kappa shape index (κ1) is 17.2. The molecule has 3 nitrogen and oxygen atoms in total. The molecule has 0 aliphatic rings. The maximum absolute atomic E-state index is 12.3. The van der Waals surface area contributed by atoms with Gasteiger partial charge in [0.1, 0.15) is 0 Å². The lowest BCUT2D eigenvalue weighted by Gasteiger charge is -2.20. The largest absolute Gasteiger partial charge is 0.394 e. The number of hydrogen-bond acceptors (Lipinski definition) is 2. The Morgan fingerprint density at radius 1 is 1.04 bits per heavy atom. The predicted octanol–water partition coefficient (Wildman–Crippen LogP) is 3.32. The zero-order valence-electron chi connectivity index (χ0n) is 14.0. The van der Waals surface area contributed by atoms with Gasteiger partial charge in [0.15, 0.2) is 0 Å². The Labute approximate surface area is 138 Å². The normalized spacial score (nSPS) is 12.7. The van der Waals surface area contributed by atoms with Crippen molar-refractivity contribution in [2.45, 2.75) is 38.6 Å². The van der Waals surface area contributed by atoms with Gasteiger partial charge in [0.05, 0.1) is 12.6 Å². The molecule has 0 heterocycles. The molecule has 23 heavy (non-hydrogen) atoms. The van der Waals surface area contributed by atoms with Gasteiger partial charge in [-0.15, -0.1) is 0 Å².